The summed E-state index contributed by atoms with van der Waals surface area (Å²) in [5.74, 6) is -0.569. The first-order valence-corrected chi connectivity index (χ1v) is 8.12. The number of aryl methyl sites for hydroxylation is 2. The lowest BCUT2D eigenvalue weighted by Crippen LogP contribution is -2.10. The molecule has 120 valence electrons. The summed E-state index contributed by atoms with van der Waals surface area (Å²) < 4.78 is 26.5. The Morgan fingerprint density at radius 2 is 0.958 bits per heavy atom. The second-order valence-electron chi connectivity index (χ2n) is 6.04. The van der Waals surface area contributed by atoms with E-state index in [4.69, 9.17) is 9.97 Å². The molecule has 4 heteroatoms. The van der Waals surface area contributed by atoms with Gasteiger partial charge in [-0.25, -0.2) is 18.7 Å². The molecule has 1 heterocycles. The number of nitrogens with zero attached hydrogens (tertiary/aromatic N) is 2. The summed E-state index contributed by atoms with van der Waals surface area (Å²) in [7, 11) is 0. The SMILES string of the molecule is Fc1ccc(-c2nc3c(nc2-c2ccc(F)cc2)CCCC3)cc1. The number of benzene rings is 2. The van der Waals surface area contributed by atoms with Gasteiger partial charge < -0.3 is 0 Å². The third kappa shape index (κ3) is 2.80. The highest BCUT2D eigenvalue weighted by Crippen LogP contribution is 2.32. The monoisotopic (exact) mass is 322 g/mol. The van der Waals surface area contributed by atoms with Gasteiger partial charge in [0.2, 0.25) is 0 Å². The molecular weight excluding hydrogens is 306 g/mol. The average molecular weight is 322 g/mol. The molecule has 1 aliphatic carbocycles. The van der Waals surface area contributed by atoms with Crippen LogP contribution in [-0.4, -0.2) is 9.97 Å². The molecule has 0 aliphatic heterocycles. The summed E-state index contributed by atoms with van der Waals surface area (Å²) in [5, 5.41) is 0. The summed E-state index contributed by atoms with van der Waals surface area (Å²) >= 11 is 0. The van der Waals surface area contributed by atoms with Crippen molar-refractivity contribution in [3.63, 3.8) is 0 Å². The van der Waals surface area contributed by atoms with Crippen LogP contribution >= 0.6 is 0 Å². The van der Waals surface area contributed by atoms with Crippen molar-refractivity contribution in [2.24, 2.45) is 0 Å². The topological polar surface area (TPSA) is 25.8 Å². The van der Waals surface area contributed by atoms with E-state index in [-0.39, 0.29) is 11.6 Å². The third-order valence-corrected chi connectivity index (χ3v) is 4.36. The van der Waals surface area contributed by atoms with Crippen molar-refractivity contribution in [1.82, 2.24) is 9.97 Å². The van der Waals surface area contributed by atoms with E-state index in [9.17, 15) is 8.78 Å². The van der Waals surface area contributed by atoms with Gasteiger partial charge in [-0.3, -0.25) is 0 Å². The van der Waals surface area contributed by atoms with Gasteiger partial charge in [-0.15, -0.1) is 0 Å². The van der Waals surface area contributed by atoms with Crippen LogP contribution in [0.3, 0.4) is 0 Å². The Labute approximate surface area is 139 Å². The second-order valence-corrected chi connectivity index (χ2v) is 6.04. The van der Waals surface area contributed by atoms with Crippen LogP contribution < -0.4 is 0 Å². The van der Waals surface area contributed by atoms with Gasteiger partial charge in [0.1, 0.15) is 11.6 Å². The largest absolute Gasteiger partial charge is 0.249 e. The number of fused-ring (bicyclic) bond motifs is 1. The molecule has 0 atom stereocenters. The molecule has 4 rings (SSSR count). The molecule has 0 unspecified atom stereocenters. The molecule has 1 aromatic heterocycles. The zero-order valence-electron chi connectivity index (χ0n) is 13.1. The minimum absolute atomic E-state index is 0.284. The predicted molar refractivity (Wildman–Crippen MR) is 89.5 cm³/mol. The highest BCUT2D eigenvalue weighted by molar-refractivity contribution is 5.78. The van der Waals surface area contributed by atoms with Gasteiger partial charge in [0.05, 0.1) is 22.8 Å². The van der Waals surface area contributed by atoms with Crippen molar-refractivity contribution in [2.75, 3.05) is 0 Å². The van der Waals surface area contributed by atoms with E-state index in [1.165, 1.54) is 24.3 Å². The first kappa shape index (κ1) is 14.9. The molecule has 3 aromatic rings. The van der Waals surface area contributed by atoms with Gasteiger partial charge in [0.25, 0.3) is 0 Å². The van der Waals surface area contributed by atoms with Gasteiger partial charge >= 0.3 is 0 Å². The van der Waals surface area contributed by atoms with Crippen LogP contribution in [0.4, 0.5) is 8.78 Å². The van der Waals surface area contributed by atoms with Gasteiger partial charge in [-0.1, -0.05) is 0 Å². The molecule has 2 nitrogen and oxygen atoms in total. The Bertz CT molecular complexity index is 797. The van der Waals surface area contributed by atoms with E-state index in [2.05, 4.69) is 0 Å². The number of hydrogen-bond acceptors (Lipinski definition) is 2. The Morgan fingerprint density at radius 3 is 1.33 bits per heavy atom. The van der Waals surface area contributed by atoms with Crippen molar-refractivity contribution < 1.29 is 8.78 Å². The molecule has 0 spiro atoms. The molecule has 24 heavy (non-hydrogen) atoms. The van der Waals surface area contributed by atoms with Crippen molar-refractivity contribution >= 4 is 0 Å². The van der Waals surface area contributed by atoms with Gasteiger partial charge in [0, 0.05) is 11.1 Å². The van der Waals surface area contributed by atoms with Crippen LogP contribution in [0.15, 0.2) is 48.5 Å². The van der Waals surface area contributed by atoms with Crippen molar-refractivity contribution in [1.29, 1.82) is 0 Å². The van der Waals surface area contributed by atoms with Crippen molar-refractivity contribution in [2.45, 2.75) is 25.7 Å². The zero-order valence-corrected chi connectivity index (χ0v) is 13.1. The lowest BCUT2D eigenvalue weighted by molar-refractivity contribution is 0.627. The van der Waals surface area contributed by atoms with E-state index < -0.39 is 0 Å². The van der Waals surface area contributed by atoms with Crippen LogP contribution in [0.25, 0.3) is 22.5 Å². The number of rotatable bonds is 2. The average Bonchev–Trinajstić information content (AvgIpc) is 2.62. The maximum atomic E-state index is 13.3. The summed E-state index contributed by atoms with van der Waals surface area (Å²) in [5.41, 5.74) is 5.12. The van der Waals surface area contributed by atoms with Crippen LogP contribution in [0.5, 0.6) is 0 Å². The molecule has 0 saturated carbocycles. The molecule has 0 fully saturated rings. The van der Waals surface area contributed by atoms with E-state index in [1.54, 1.807) is 24.3 Å². The highest BCUT2D eigenvalue weighted by Gasteiger charge is 2.19. The molecule has 1 aliphatic rings. The molecule has 2 aromatic carbocycles. The maximum Gasteiger partial charge on any atom is 0.123 e. The fourth-order valence-corrected chi connectivity index (χ4v) is 3.11. The van der Waals surface area contributed by atoms with E-state index >= 15 is 0 Å². The van der Waals surface area contributed by atoms with E-state index in [0.717, 1.165) is 59.6 Å². The second kappa shape index (κ2) is 6.11. The fraction of sp³-hybridized carbons (Fsp3) is 0.200. The highest BCUT2D eigenvalue weighted by atomic mass is 19.1. The molecule has 0 radical (unpaired) electrons. The molecule has 0 bridgehead atoms. The van der Waals surface area contributed by atoms with E-state index in [1.807, 2.05) is 0 Å². The van der Waals surface area contributed by atoms with Crippen LogP contribution in [0.2, 0.25) is 0 Å². The summed E-state index contributed by atoms with van der Waals surface area (Å²) in [6.45, 7) is 0. The normalized spacial score (nSPS) is 13.6. The Hall–Kier alpha value is -2.62. The first-order chi connectivity index (χ1) is 11.7. The minimum atomic E-state index is -0.284. The van der Waals surface area contributed by atoms with Crippen LogP contribution in [-0.2, 0) is 12.8 Å². The molecule has 0 N–H and O–H groups in total. The third-order valence-electron chi connectivity index (χ3n) is 4.36. The Morgan fingerprint density at radius 1 is 0.583 bits per heavy atom. The summed E-state index contributed by atoms with van der Waals surface area (Å²) in [4.78, 5) is 9.67. The quantitative estimate of drug-likeness (QED) is 0.666. The first-order valence-electron chi connectivity index (χ1n) is 8.12. The van der Waals surface area contributed by atoms with Gasteiger partial charge in [0.15, 0.2) is 0 Å². The van der Waals surface area contributed by atoms with E-state index in [0.29, 0.717) is 0 Å². The summed E-state index contributed by atoms with van der Waals surface area (Å²) in [6.07, 6.45) is 4.06. The van der Waals surface area contributed by atoms with Crippen molar-refractivity contribution in [3.8, 4) is 22.5 Å². The predicted octanol–water partition coefficient (Wildman–Crippen LogP) is 4.97. The smallest absolute Gasteiger partial charge is 0.123 e. The fourth-order valence-electron chi connectivity index (χ4n) is 3.11. The lowest BCUT2D eigenvalue weighted by atomic mass is 9.97. The number of hydrogen-bond donors (Lipinski definition) is 0. The van der Waals surface area contributed by atoms with Crippen LogP contribution in [0, 0.1) is 11.6 Å². The van der Waals surface area contributed by atoms with Gasteiger partial charge in [-0.05, 0) is 74.2 Å². The molecule has 0 saturated heterocycles. The number of aromatic nitrogens is 2. The minimum Gasteiger partial charge on any atom is -0.249 e. The molecule has 0 amide bonds. The number of halogens is 2. The van der Waals surface area contributed by atoms with Gasteiger partial charge in [-0.2, -0.15) is 0 Å². The lowest BCUT2D eigenvalue weighted by Gasteiger charge is -2.18. The standard InChI is InChI=1S/C20H16F2N2/c21-15-9-5-13(6-10-15)19-20(14-7-11-16(22)12-8-14)24-18-4-2-1-3-17(18)23-19/h5-12H,1-4H2. The zero-order chi connectivity index (χ0) is 16.5. The summed E-state index contributed by atoms with van der Waals surface area (Å²) in [6, 6.07) is 12.5. The maximum absolute atomic E-state index is 13.3. The Kier molecular flexibility index (Phi) is 3.81. The Balaban J connectivity index is 1.92. The van der Waals surface area contributed by atoms with Crippen molar-refractivity contribution in [3.05, 3.63) is 71.6 Å². The molecular formula is C20H16F2N2. The van der Waals surface area contributed by atoms with Crippen LogP contribution in [0.1, 0.15) is 24.2 Å².